The van der Waals surface area contributed by atoms with Gasteiger partial charge in [0.2, 0.25) is 0 Å². The molecule has 2 saturated heterocycles. The van der Waals surface area contributed by atoms with E-state index >= 15 is 0 Å². The topological polar surface area (TPSA) is 101 Å². The fourth-order valence-electron chi connectivity index (χ4n) is 3.95. The molecule has 148 valence electrons. The van der Waals surface area contributed by atoms with Crippen molar-refractivity contribution in [1.82, 2.24) is 15.3 Å². The Balaban J connectivity index is 1.72. The van der Waals surface area contributed by atoms with Gasteiger partial charge in [-0.05, 0) is 62.7 Å². The zero-order valence-electron chi connectivity index (χ0n) is 16.2. The molecule has 0 saturated carbocycles. The van der Waals surface area contributed by atoms with Gasteiger partial charge in [0.1, 0.15) is 23.1 Å². The Morgan fingerprint density at radius 3 is 2.59 bits per heavy atom. The third-order valence-electron chi connectivity index (χ3n) is 5.55. The van der Waals surface area contributed by atoms with E-state index in [1.54, 1.807) is 25.3 Å². The molecule has 0 bridgehead atoms. The number of piperidine rings is 1. The van der Waals surface area contributed by atoms with Crippen molar-refractivity contribution in [2.24, 2.45) is 0 Å². The summed E-state index contributed by atoms with van der Waals surface area (Å²) in [7, 11) is 0. The highest BCUT2D eigenvalue weighted by atomic mass is 19.1. The molecule has 2 aromatic rings. The average molecular weight is 391 g/mol. The second-order valence-corrected chi connectivity index (χ2v) is 7.98. The third-order valence-corrected chi connectivity index (χ3v) is 5.55. The fourth-order valence-corrected chi connectivity index (χ4v) is 3.95. The quantitative estimate of drug-likeness (QED) is 0.826. The molecule has 4 heterocycles. The number of halogens is 1. The highest BCUT2D eigenvalue weighted by Crippen LogP contribution is 2.38. The lowest BCUT2D eigenvalue weighted by Crippen LogP contribution is -2.57. The summed E-state index contributed by atoms with van der Waals surface area (Å²) in [5.74, 6) is 1.67. The summed E-state index contributed by atoms with van der Waals surface area (Å²) >= 11 is 0. The summed E-state index contributed by atoms with van der Waals surface area (Å²) in [6, 6.07) is 11.6. The van der Waals surface area contributed by atoms with Crippen LogP contribution in [0.3, 0.4) is 0 Å². The molecular formula is C21H22FN7. The lowest BCUT2D eigenvalue weighted by Gasteiger charge is -2.43. The SMILES string of the molecule is CC1(F)CN(c2cc(C3(C#N)CCNCC3)cc(Nc3cc(C#N)ccn3)n2)C1. The van der Waals surface area contributed by atoms with Crippen molar-refractivity contribution < 1.29 is 4.39 Å². The predicted octanol–water partition coefficient (Wildman–Crippen LogP) is 2.78. The average Bonchev–Trinajstić information content (AvgIpc) is 2.72. The lowest BCUT2D eigenvalue weighted by atomic mass is 9.74. The predicted molar refractivity (Wildman–Crippen MR) is 108 cm³/mol. The van der Waals surface area contributed by atoms with Gasteiger partial charge in [0, 0.05) is 6.20 Å². The van der Waals surface area contributed by atoms with E-state index < -0.39 is 11.1 Å². The minimum absolute atomic E-state index is 0.270. The minimum Gasteiger partial charge on any atom is -0.350 e. The molecule has 0 aliphatic carbocycles. The number of rotatable bonds is 4. The van der Waals surface area contributed by atoms with Gasteiger partial charge in [-0.15, -0.1) is 0 Å². The molecular weight excluding hydrogens is 369 g/mol. The number of nitrogens with one attached hydrogen (secondary N) is 2. The maximum absolute atomic E-state index is 14.1. The van der Waals surface area contributed by atoms with Gasteiger partial charge in [-0.2, -0.15) is 10.5 Å². The van der Waals surface area contributed by atoms with Gasteiger partial charge in [-0.3, -0.25) is 0 Å². The van der Waals surface area contributed by atoms with Crippen molar-refractivity contribution in [3.8, 4) is 12.1 Å². The number of anilines is 3. The first-order valence-electron chi connectivity index (χ1n) is 9.65. The van der Waals surface area contributed by atoms with Crippen LogP contribution in [0.2, 0.25) is 0 Å². The van der Waals surface area contributed by atoms with Crippen LogP contribution in [0.25, 0.3) is 0 Å². The molecule has 0 unspecified atom stereocenters. The minimum atomic E-state index is -1.23. The normalized spacial score (nSPS) is 19.5. The van der Waals surface area contributed by atoms with Gasteiger partial charge in [0.05, 0.1) is 36.2 Å². The Kier molecular flexibility index (Phi) is 4.81. The van der Waals surface area contributed by atoms with Crippen molar-refractivity contribution in [3.63, 3.8) is 0 Å². The summed E-state index contributed by atoms with van der Waals surface area (Å²) < 4.78 is 14.1. The molecule has 2 N–H and O–H groups in total. The second kappa shape index (κ2) is 7.31. The molecule has 0 radical (unpaired) electrons. The van der Waals surface area contributed by atoms with E-state index in [9.17, 15) is 9.65 Å². The van der Waals surface area contributed by atoms with Crippen LogP contribution in [-0.4, -0.2) is 41.8 Å². The molecule has 0 amide bonds. The Bertz CT molecular complexity index is 991. The molecule has 2 fully saturated rings. The first kappa shape index (κ1) is 19.1. The van der Waals surface area contributed by atoms with E-state index in [1.807, 2.05) is 17.0 Å². The number of hydrogen-bond donors (Lipinski definition) is 2. The molecule has 29 heavy (non-hydrogen) atoms. The molecule has 2 aromatic heterocycles. The first-order valence-corrected chi connectivity index (χ1v) is 9.65. The van der Waals surface area contributed by atoms with Gasteiger partial charge in [0.15, 0.2) is 0 Å². The summed E-state index contributed by atoms with van der Waals surface area (Å²) in [5.41, 5.74) is -0.472. The molecule has 0 aromatic carbocycles. The number of alkyl halides is 1. The van der Waals surface area contributed by atoms with Crippen LogP contribution in [0.1, 0.15) is 30.9 Å². The highest BCUT2D eigenvalue weighted by molar-refractivity contribution is 5.61. The fraction of sp³-hybridized carbons (Fsp3) is 0.429. The van der Waals surface area contributed by atoms with E-state index in [4.69, 9.17) is 5.26 Å². The first-order chi connectivity index (χ1) is 13.9. The standard InChI is InChI=1S/C21H22FN7/c1-20(22)13-29(14-20)19-10-16(21(12-24)3-6-25-7-4-21)9-18(28-19)27-17-8-15(11-23)2-5-26-17/h2,5,8-10,25H,3-4,6-7,13-14H2,1H3,(H,26,27,28). The van der Waals surface area contributed by atoms with Gasteiger partial charge in [-0.1, -0.05) is 0 Å². The Morgan fingerprint density at radius 1 is 1.17 bits per heavy atom. The molecule has 0 atom stereocenters. The molecule has 4 rings (SSSR count). The summed E-state index contributed by atoms with van der Waals surface area (Å²) in [6.45, 7) is 3.66. The van der Waals surface area contributed by atoms with Gasteiger partial charge >= 0.3 is 0 Å². The Morgan fingerprint density at radius 2 is 1.93 bits per heavy atom. The van der Waals surface area contributed by atoms with E-state index in [0.717, 1.165) is 18.7 Å². The van der Waals surface area contributed by atoms with Crippen LogP contribution in [0, 0.1) is 22.7 Å². The van der Waals surface area contributed by atoms with Crippen molar-refractivity contribution in [2.75, 3.05) is 36.4 Å². The number of nitrogens with zero attached hydrogens (tertiary/aromatic N) is 5. The van der Waals surface area contributed by atoms with Gasteiger partial charge in [-0.25, -0.2) is 14.4 Å². The van der Waals surface area contributed by atoms with E-state index in [1.165, 1.54) is 0 Å². The third kappa shape index (κ3) is 3.85. The maximum Gasteiger partial charge on any atom is 0.143 e. The smallest absolute Gasteiger partial charge is 0.143 e. The van der Waals surface area contributed by atoms with Crippen molar-refractivity contribution >= 4 is 17.5 Å². The molecule has 8 heteroatoms. The lowest BCUT2D eigenvalue weighted by molar-refractivity contribution is 0.143. The van der Waals surface area contributed by atoms with Crippen molar-refractivity contribution in [3.05, 3.63) is 41.6 Å². The van der Waals surface area contributed by atoms with Crippen LogP contribution in [-0.2, 0) is 5.41 Å². The van der Waals surface area contributed by atoms with Crippen LogP contribution in [0.15, 0.2) is 30.5 Å². The Hall–Kier alpha value is -3.23. The van der Waals surface area contributed by atoms with E-state index in [0.29, 0.717) is 35.9 Å². The molecule has 7 nitrogen and oxygen atoms in total. The van der Waals surface area contributed by atoms with Crippen LogP contribution < -0.4 is 15.5 Å². The molecule has 2 aliphatic heterocycles. The van der Waals surface area contributed by atoms with Crippen LogP contribution >= 0.6 is 0 Å². The number of nitriles is 2. The molecule has 2 aliphatic rings. The van der Waals surface area contributed by atoms with E-state index in [-0.39, 0.29) is 13.1 Å². The van der Waals surface area contributed by atoms with Crippen molar-refractivity contribution in [2.45, 2.75) is 30.8 Å². The summed E-state index contributed by atoms with van der Waals surface area (Å²) in [6.07, 6.45) is 2.96. The van der Waals surface area contributed by atoms with Crippen molar-refractivity contribution in [1.29, 1.82) is 10.5 Å². The largest absolute Gasteiger partial charge is 0.350 e. The summed E-state index contributed by atoms with van der Waals surface area (Å²) in [5, 5.41) is 25.5. The van der Waals surface area contributed by atoms with Crippen LogP contribution in [0.5, 0.6) is 0 Å². The highest BCUT2D eigenvalue weighted by Gasteiger charge is 2.41. The number of pyridine rings is 2. The van der Waals surface area contributed by atoms with Crippen LogP contribution in [0.4, 0.5) is 21.8 Å². The molecule has 0 spiro atoms. The zero-order valence-corrected chi connectivity index (χ0v) is 16.2. The monoisotopic (exact) mass is 391 g/mol. The Labute approximate surface area is 169 Å². The van der Waals surface area contributed by atoms with Gasteiger partial charge < -0.3 is 15.5 Å². The summed E-state index contributed by atoms with van der Waals surface area (Å²) in [4.78, 5) is 10.8. The maximum atomic E-state index is 14.1. The number of hydrogen-bond acceptors (Lipinski definition) is 7. The van der Waals surface area contributed by atoms with Gasteiger partial charge in [0.25, 0.3) is 0 Å². The second-order valence-electron chi connectivity index (χ2n) is 7.98. The zero-order chi connectivity index (χ0) is 20.5. The number of aromatic nitrogens is 2. The van der Waals surface area contributed by atoms with E-state index in [2.05, 4.69) is 32.7 Å².